The molecule has 0 radical (unpaired) electrons. The molecule has 0 saturated heterocycles. The molecule has 0 heterocycles. The van der Waals surface area contributed by atoms with Crippen molar-refractivity contribution in [1.82, 2.24) is 0 Å². The highest BCUT2D eigenvalue weighted by atomic mass is 16.3. The van der Waals surface area contributed by atoms with Crippen LogP contribution in [0.3, 0.4) is 0 Å². The van der Waals surface area contributed by atoms with Gasteiger partial charge >= 0.3 is 0 Å². The van der Waals surface area contributed by atoms with Crippen LogP contribution in [-0.2, 0) is 5.41 Å². The van der Waals surface area contributed by atoms with Gasteiger partial charge in [0.05, 0.1) is 0 Å². The minimum Gasteiger partial charge on any atom is -0.396 e. The Kier molecular flexibility index (Phi) is 3.89. The van der Waals surface area contributed by atoms with Gasteiger partial charge in [0.15, 0.2) is 0 Å². The zero-order valence-electron chi connectivity index (χ0n) is 9.83. The summed E-state index contributed by atoms with van der Waals surface area (Å²) in [6, 6.07) is 8.26. The number of benzene rings is 1. The summed E-state index contributed by atoms with van der Waals surface area (Å²) in [5.41, 5.74) is 8.50. The van der Waals surface area contributed by atoms with Gasteiger partial charge in [-0.15, -0.1) is 0 Å². The fourth-order valence-electron chi connectivity index (χ4n) is 1.54. The minimum atomic E-state index is -0.0581. The SMILES string of the molecule is CC(C)(C)c1cccc(C(N)CCO)c1. The van der Waals surface area contributed by atoms with Gasteiger partial charge in [-0.3, -0.25) is 0 Å². The molecule has 2 nitrogen and oxygen atoms in total. The van der Waals surface area contributed by atoms with Gasteiger partial charge in [-0.05, 0) is 23.0 Å². The maximum atomic E-state index is 8.85. The van der Waals surface area contributed by atoms with Gasteiger partial charge in [0, 0.05) is 12.6 Å². The summed E-state index contributed by atoms with van der Waals surface area (Å²) in [4.78, 5) is 0. The van der Waals surface area contributed by atoms with Gasteiger partial charge < -0.3 is 10.8 Å². The Hall–Kier alpha value is -0.860. The summed E-state index contributed by atoms with van der Waals surface area (Å²) in [5.74, 6) is 0. The van der Waals surface area contributed by atoms with Crippen molar-refractivity contribution < 1.29 is 5.11 Å². The third-order valence-corrected chi connectivity index (χ3v) is 2.62. The van der Waals surface area contributed by atoms with Crippen LogP contribution in [0.5, 0.6) is 0 Å². The molecule has 0 amide bonds. The Labute approximate surface area is 92.1 Å². The van der Waals surface area contributed by atoms with E-state index in [0.29, 0.717) is 6.42 Å². The van der Waals surface area contributed by atoms with Crippen LogP contribution in [-0.4, -0.2) is 11.7 Å². The van der Waals surface area contributed by atoms with Crippen molar-refractivity contribution in [2.75, 3.05) is 6.61 Å². The van der Waals surface area contributed by atoms with E-state index in [1.165, 1.54) is 5.56 Å². The van der Waals surface area contributed by atoms with Crippen LogP contribution in [0.4, 0.5) is 0 Å². The first kappa shape index (κ1) is 12.2. The summed E-state index contributed by atoms with van der Waals surface area (Å²) in [6.07, 6.45) is 0.619. The van der Waals surface area contributed by atoms with Gasteiger partial charge in [-0.25, -0.2) is 0 Å². The molecular formula is C13H21NO. The van der Waals surface area contributed by atoms with Crippen LogP contribution in [0.1, 0.15) is 44.4 Å². The highest BCUT2D eigenvalue weighted by Crippen LogP contribution is 2.25. The van der Waals surface area contributed by atoms with Gasteiger partial charge in [-0.2, -0.15) is 0 Å². The molecule has 3 N–H and O–H groups in total. The van der Waals surface area contributed by atoms with Crippen molar-refractivity contribution in [3.8, 4) is 0 Å². The Morgan fingerprint density at radius 3 is 2.53 bits per heavy atom. The van der Waals surface area contributed by atoms with E-state index in [1.54, 1.807) is 0 Å². The van der Waals surface area contributed by atoms with E-state index in [-0.39, 0.29) is 18.1 Å². The molecule has 1 rings (SSSR count). The summed E-state index contributed by atoms with van der Waals surface area (Å²) < 4.78 is 0. The molecule has 1 aromatic carbocycles. The average Bonchev–Trinajstić information content (AvgIpc) is 2.17. The molecule has 0 bridgehead atoms. The second-order valence-corrected chi connectivity index (χ2v) is 4.99. The summed E-state index contributed by atoms with van der Waals surface area (Å²) in [6.45, 7) is 6.69. The highest BCUT2D eigenvalue weighted by Gasteiger charge is 2.15. The van der Waals surface area contributed by atoms with Crippen molar-refractivity contribution in [1.29, 1.82) is 0 Å². The average molecular weight is 207 g/mol. The normalized spacial score (nSPS) is 13.9. The van der Waals surface area contributed by atoms with E-state index in [2.05, 4.69) is 32.9 Å². The molecule has 0 aliphatic heterocycles. The smallest absolute Gasteiger partial charge is 0.0449 e. The maximum absolute atomic E-state index is 8.85. The van der Waals surface area contributed by atoms with Gasteiger partial charge in [0.1, 0.15) is 0 Å². The molecule has 0 saturated carbocycles. The van der Waals surface area contributed by atoms with Crippen LogP contribution in [0.15, 0.2) is 24.3 Å². The van der Waals surface area contributed by atoms with Crippen molar-refractivity contribution in [3.63, 3.8) is 0 Å². The van der Waals surface area contributed by atoms with E-state index < -0.39 is 0 Å². The van der Waals surface area contributed by atoms with E-state index in [4.69, 9.17) is 10.8 Å². The number of aliphatic hydroxyl groups excluding tert-OH is 1. The Balaban J connectivity index is 2.92. The fraction of sp³-hybridized carbons (Fsp3) is 0.538. The third-order valence-electron chi connectivity index (χ3n) is 2.62. The molecule has 1 aromatic rings. The highest BCUT2D eigenvalue weighted by molar-refractivity contribution is 5.30. The molecule has 84 valence electrons. The van der Waals surface area contributed by atoms with Gasteiger partial charge in [-0.1, -0.05) is 45.0 Å². The van der Waals surface area contributed by atoms with E-state index in [9.17, 15) is 0 Å². The molecule has 2 heteroatoms. The predicted octanol–water partition coefficient (Wildman–Crippen LogP) is 2.37. The molecule has 0 spiro atoms. The largest absolute Gasteiger partial charge is 0.396 e. The van der Waals surface area contributed by atoms with E-state index >= 15 is 0 Å². The lowest BCUT2D eigenvalue weighted by atomic mass is 9.85. The lowest BCUT2D eigenvalue weighted by Crippen LogP contribution is -2.15. The first-order chi connectivity index (χ1) is 6.95. The zero-order valence-corrected chi connectivity index (χ0v) is 9.83. The van der Waals surface area contributed by atoms with Crippen LogP contribution in [0, 0.1) is 0 Å². The number of nitrogens with two attached hydrogens (primary N) is 1. The molecular weight excluding hydrogens is 186 g/mol. The van der Waals surface area contributed by atoms with Crippen LogP contribution in [0.25, 0.3) is 0 Å². The molecule has 15 heavy (non-hydrogen) atoms. The lowest BCUT2D eigenvalue weighted by molar-refractivity contribution is 0.276. The number of hydrogen-bond acceptors (Lipinski definition) is 2. The second-order valence-electron chi connectivity index (χ2n) is 4.99. The number of rotatable bonds is 3. The Morgan fingerprint density at radius 2 is 2.00 bits per heavy atom. The molecule has 0 fully saturated rings. The van der Waals surface area contributed by atoms with Crippen LogP contribution >= 0.6 is 0 Å². The van der Waals surface area contributed by atoms with Crippen molar-refractivity contribution in [3.05, 3.63) is 35.4 Å². The van der Waals surface area contributed by atoms with E-state index in [0.717, 1.165) is 5.56 Å². The first-order valence-corrected chi connectivity index (χ1v) is 5.42. The molecule has 0 aromatic heterocycles. The topological polar surface area (TPSA) is 46.2 Å². The lowest BCUT2D eigenvalue weighted by Gasteiger charge is -2.21. The van der Waals surface area contributed by atoms with E-state index in [1.807, 2.05) is 12.1 Å². The Morgan fingerprint density at radius 1 is 1.33 bits per heavy atom. The molecule has 0 aliphatic carbocycles. The predicted molar refractivity (Wildman–Crippen MR) is 63.8 cm³/mol. The summed E-state index contributed by atoms with van der Waals surface area (Å²) in [5, 5.41) is 8.85. The molecule has 1 unspecified atom stereocenters. The molecule has 0 aliphatic rings. The van der Waals surface area contributed by atoms with Crippen LogP contribution in [0.2, 0.25) is 0 Å². The number of hydrogen-bond donors (Lipinski definition) is 2. The molecule has 1 atom stereocenters. The Bertz CT molecular complexity index is 315. The monoisotopic (exact) mass is 207 g/mol. The van der Waals surface area contributed by atoms with Gasteiger partial charge in [0.2, 0.25) is 0 Å². The van der Waals surface area contributed by atoms with Crippen molar-refractivity contribution in [2.24, 2.45) is 5.73 Å². The fourth-order valence-corrected chi connectivity index (χ4v) is 1.54. The van der Waals surface area contributed by atoms with Gasteiger partial charge in [0.25, 0.3) is 0 Å². The van der Waals surface area contributed by atoms with Crippen molar-refractivity contribution in [2.45, 2.75) is 38.6 Å². The zero-order chi connectivity index (χ0) is 11.5. The first-order valence-electron chi connectivity index (χ1n) is 5.42. The standard InChI is InChI=1S/C13H21NO/c1-13(2,3)11-6-4-5-10(9-11)12(14)7-8-15/h4-6,9,12,15H,7-8,14H2,1-3H3. The van der Waals surface area contributed by atoms with Crippen LogP contribution < -0.4 is 5.73 Å². The maximum Gasteiger partial charge on any atom is 0.0449 e. The summed E-state index contributed by atoms with van der Waals surface area (Å²) in [7, 11) is 0. The van der Waals surface area contributed by atoms with Crippen molar-refractivity contribution >= 4 is 0 Å². The number of aliphatic hydroxyl groups is 1. The third kappa shape index (κ3) is 3.33. The quantitative estimate of drug-likeness (QED) is 0.799. The minimum absolute atomic E-state index is 0.0581. The second kappa shape index (κ2) is 4.77. The summed E-state index contributed by atoms with van der Waals surface area (Å²) >= 11 is 0.